The number of nitrogens with zero attached hydrogens (tertiary/aromatic N) is 4. The van der Waals surface area contributed by atoms with Crippen LogP contribution in [0.1, 0.15) is 25.5 Å². The molecule has 2 aromatic rings. The molecule has 1 aliphatic heterocycles. The lowest BCUT2D eigenvalue weighted by atomic mass is 9.96. The standard InChI is InChI=1S/C14H14FN5O2/c1-3-22-13(21)11-8(2)16-14-17-18-19-20(14)12(11)9-5-4-6-10(15)7-9/h4-7,12H,3H2,1-2H3,(H,16,17,19)/t12-/m1/s1. The normalized spacial score (nSPS) is 17.0. The van der Waals surface area contributed by atoms with Crippen molar-refractivity contribution in [2.75, 3.05) is 11.9 Å². The van der Waals surface area contributed by atoms with Crippen molar-refractivity contribution in [1.82, 2.24) is 20.2 Å². The Balaban J connectivity index is 2.15. The molecule has 0 amide bonds. The molecule has 0 saturated carbocycles. The minimum absolute atomic E-state index is 0.244. The third kappa shape index (κ3) is 2.32. The summed E-state index contributed by atoms with van der Waals surface area (Å²) >= 11 is 0. The molecule has 1 atom stereocenters. The van der Waals surface area contributed by atoms with Crippen LogP contribution in [0.2, 0.25) is 0 Å². The SMILES string of the molecule is CCOC(=O)C1=C(C)Nc2nnnn2[C@@H]1c1cccc(F)c1. The predicted octanol–water partition coefficient (Wildman–Crippen LogP) is 1.66. The van der Waals surface area contributed by atoms with Gasteiger partial charge >= 0.3 is 5.97 Å². The summed E-state index contributed by atoms with van der Waals surface area (Å²) in [6, 6.07) is 5.35. The van der Waals surface area contributed by atoms with Crippen molar-refractivity contribution in [3.05, 3.63) is 46.9 Å². The van der Waals surface area contributed by atoms with Gasteiger partial charge in [-0.05, 0) is 42.0 Å². The minimum Gasteiger partial charge on any atom is -0.463 e. The molecule has 1 aliphatic rings. The quantitative estimate of drug-likeness (QED) is 0.869. The number of nitrogens with one attached hydrogen (secondary N) is 1. The Kier molecular flexibility index (Phi) is 3.58. The third-order valence-corrected chi connectivity index (χ3v) is 3.37. The molecule has 1 aromatic heterocycles. The molecule has 0 bridgehead atoms. The van der Waals surface area contributed by atoms with Gasteiger partial charge in [-0.3, -0.25) is 0 Å². The Morgan fingerprint density at radius 1 is 1.50 bits per heavy atom. The predicted molar refractivity (Wildman–Crippen MR) is 75.3 cm³/mol. The maximum absolute atomic E-state index is 13.6. The number of carbonyl (C=O) groups is 1. The third-order valence-electron chi connectivity index (χ3n) is 3.37. The van der Waals surface area contributed by atoms with Crippen LogP contribution < -0.4 is 5.32 Å². The fraction of sp³-hybridized carbons (Fsp3) is 0.286. The molecule has 3 rings (SSSR count). The van der Waals surface area contributed by atoms with Crippen LogP contribution in [0.5, 0.6) is 0 Å². The molecular formula is C14H14FN5O2. The number of ether oxygens (including phenoxy) is 1. The number of aromatic nitrogens is 4. The Labute approximate surface area is 125 Å². The van der Waals surface area contributed by atoms with Gasteiger partial charge in [0, 0.05) is 5.70 Å². The van der Waals surface area contributed by atoms with Crippen molar-refractivity contribution >= 4 is 11.9 Å². The second-order valence-electron chi connectivity index (χ2n) is 4.79. The van der Waals surface area contributed by atoms with E-state index in [1.165, 1.54) is 16.8 Å². The van der Waals surface area contributed by atoms with E-state index in [0.717, 1.165) is 0 Å². The van der Waals surface area contributed by atoms with E-state index in [1.807, 2.05) is 0 Å². The maximum Gasteiger partial charge on any atom is 0.338 e. The molecule has 0 saturated heterocycles. The van der Waals surface area contributed by atoms with Gasteiger partial charge in [-0.25, -0.2) is 9.18 Å². The van der Waals surface area contributed by atoms with Crippen molar-refractivity contribution < 1.29 is 13.9 Å². The van der Waals surface area contributed by atoms with Crippen LogP contribution in [0.3, 0.4) is 0 Å². The largest absolute Gasteiger partial charge is 0.463 e. The molecule has 0 spiro atoms. The molecule has 0 fully saturated rings. The van der Waals surface area contributed by atoms with Crippen LogP contribution in [0.25, 0.3) is 0 Å². The van der Waals surface area contributed by atoms with Gasteiger partial charge in [0.05, 0.1) is 12.2 Å². The number of rotatable bonds is 3. The van der Waals surface area contributed by atoms with E-state index in [9.17, 15) is 9.18 Å². The number of hydrogen-bond donors (Lipinski definition) is 1. The summed E-state index contributed by atoms with van der Waals surface area (Å²) in [6.07, 6.45) is 0. The van der Waals surface area contributed by atoms with Crippen molar-refractivity contribution in [3.8, 4) is 0 Å². The van der Waals surface area contributed by atoms with Crippen LogP contribution in [0.15, 0.2) is 35.5 Å². The van der Waals surface area contributed by atoms with E-state index in [0.29, 0.717) is 22.8 Å². The number of tetrazole rings is 1. The molecule has 2 heterocycles. The average Bonchev–Trinajstić information content (AvgIpc) is 2.93. The second kappa shape index (κ2) is 5.55. The molecule has 7 nitrogen and oxygen atoms in total. The van der Waals surface area contributed by atoms with Crippen molar-refractivity contribution in [3.63, 3.8) is 0 Å². The van der Waals surface area contributed by atoms with Crippen LogP contribution in [-0.4, -0.2) is 32.8 Å². The smallest absolute Gasteiger partial charge is 0.338 e. The van der Waals surface area contributed by atoms with Gasteiger partial charge < -0.3 is 10.1 Å². The number of anilines is 1. The fourth-order valence-corrected chi connectivity index (χ4v) is 2.47. The first-order valence-electron chi connectivity index (χ1n) is 6.80. The molecule has 8 heteroatoms. The molecule has 22 heavy (non-hydrogen) atoms. The number of fused-ring (bicyclic) bond motifs is 1. The van der Waals surface area contributed by atoms with Gasteiger partial charge in [0.1, 0.15) is 11.9 Å². The Bertz CT molecular complexity index is 755. The molecule has 114 valence electrons. The summed E-state index contributed by atoms with van der Waals surface area (Å²) in [5.74, 6) is -0.491. The number of esters is 1. The molecular weight excluding hydrogens is 289 g/mol. The molecule has 0 unspecified atom stereocenters. The number of benzene rings is 1. The lowest BCUT2D eigenvalue weighted by Gasteiger charge is -2.27. The van der Waals surface area contributed by atoms with E-state index < -0.39 is 17.8 Å². The van der Waals surface area contributed by atoms with Crippen LogP contribution in [-0.2, 0) is 9.53 Å². The lowest BCUT2D eigenvalue weighted by Crippen LogP contribution is -2.29. The number of carbonyl (C=O) groups excluding carboxylic acids is 1. The summed E-state index contributed by atoms with van der Waals surface area (Å²) in [4.78, 5) is 12.3. The summed E-state index contributed by atoms with van der Waals surface area (Å²) in [6.45, 7) is 3.70. The average molecular weight is 303 g/mol. The number of halogens is 1. The van der Waals surface area contributed by atoms with Gasteiger partial charge in [0.25, 0.3) is 0 Å². The number of hydrogen-bond acceptors (Lipinski definition) is 6. The van der Waals surface area contributed by atoms with Gasteiger partial charge in [0.15, 0.2) is 0 Å². The van der Waals surface area contributed by atoms with Crippen LogP contribution >= 0.6 is 0 Å². The monoisotopic (exact) mass is 303 g/mol. The number of allylic oxidation sites excluding steroid dienone is 1. The summed E-state index contributed by atoms with van der Waals surface area (Å²) in [5, 5.41) is 14.3. The first kappa shape index (κ1) is 14.2. The van der Waals surface area contributed by atoms with Gasteiger partial charge in [-0.15, -0.1) is 0 Å². The highest BCUT2D eigenvalue weighted by atomic mass is 19.1. The Morgan fingerprint density at radius 2 is 2.32 bits per heavy atom. The van der Waals surface area contributed by atoms with Crippen LogP contribution in [0.4, 0.5) is 10.3 Å². The van der Waals surface area contributed by atoms with Crippen molar-refractivity contribution in [2.45, 2.75) is 19.9 Å². The van der Waals surface area contributed by atoms with E-state index >= 15 is 0 Å². The lowest BCUT2D eigenvalue weighted by molar-refractivity contribution is -0.139. The zero-order valence-electron chi connectivity index (χ0n) is 12.1. The van der Waals surface area contributed by atoms with Gasteiger partial charge in [0.2, 0.25) is 5.95 Å². The minimum atomic E-state index is -0.638. The van der Waals surface area contributed by atoms with E-state index in [1.54, 1.807) is 26.0 Å². The van der Waals surface area contributed by atoms with E-state index in [2.05, 4.69) is 20.8 Å². The molecule has 1 aromatic carbocycles. The van der Waals surface area contributed by atoms with E-state index in [-0.39, 0.29) is 6.61 Å². The van der Waals surface area contributed by atoms with Gasteiger partial charge in [-0.2, -0.15) is 4.68 Å². The molecule has 1 N–H and O–H groups in total. The van der Waals surface area contributed by atoms with Crippen LogP contribution in [0, 0.1) is 5.82 Å². The Hall–Kier alpha value is -2.77. The molecule has 0 radical (unpaired) electrons. The van der Waals surface area contributed by atoms with Crippen molar-refractivity contribution in [1.29, 1.82) is 0 Å². The van der Waals surface area contributed by atoms with E-state index in [4.69, 9.17) is 4.74 Å². The zero-order valence-corrected chi connectivity index (χ0v) is 12.1. The summed E-state index contributed by atoms with van der Waals surface area (Å²) < 4.78 is 20.1. The zero-order chi connectivity index (χ0) is 15.7. The highest BCUT2D eigenvalue weighted by molar-refractivity contribution is 5.92. The highest BCUT2D eigenvalue weighted by Gasteiger charge is 2.34. The first-order chi connectivity index (χ1) is 10.6. The summed E-state index contributed by atoms with van der Waals surface area (Å²) in [7, 11) is 0. The highest BCUT2D eigenvalue weighted by Crippen LogP contribution is 2.34. The Morgan fingerprint density at radius 3 is 3.05 bits per heavy atom. The molecule has 0 aliphatic carbocycles. The maximum atomic E-state index is 13.6. The first-order valence-corrected chi connectivity index (χ1v) is 6.80. The fourth-order valence-electron chi connectivity index (χ4n) is 2.47. The summed E-state index contributed by atoms with van der Waals surface area (Å²) in [5.41, 5.74) is 1.50. The van der Waals surface area contributed by atoms with Gasteiger partial charge in [-0.1, -0.05) is 17.2 Å². The van der Waals surface area contributed by atoms with Crippen molar-refractivity contribution in [2.24, 2.45) is 0 Å². The second-order valence-corrected chi connectivity index (χ2v) is 4.79. The topological polar surface area (TPSA) is 81.9 Å².